The van der Waals surface area contributed by atoms with Crippen LogP contribution in [0, 0.1) is 11.3 Å². The molecule has 0 aromatic heterocycles. The summed E-state index contributed by atoms with van der Waals surface area (Å²) in [5, 5.41) is 15.5. The number of benzene rings is 1. The van der Waals surface area contributed by atoms with E-state index < -0.39 is 0 Å². The van der Waals surface area contributed by atoms with Gasteiger partial charge in [0.2, 0.25) is 0 Å². The first kappa shape index (κ1) is 11.0. The van der Waals surface area contributed by atoms with Gasteiger partial charge in [0, 0.05) is 11.7 Å². The van der Waals surface area contributed by atoms with Crippen molar-refractivity contribution < 1.29 is 0 Å². The lowest BCUT2D eigenvalue weighted by atomic mass is 10.1. The summed E-state index contributed by atoms with van der Waals surface area (Å²) in [6, 6.07) is 10.9. The quantitative estimate of drug-likeness (QED) is 0.809. The van der Waals surface area contributed by atoms with Crippen molar-refractivity contribution in [2.45, 2.75) is 25.3 Å². The molecule has 2 N–H and O–H groups in total. The van der Waals surface area contributed by atoms with Crippen molar-refractivity contribution in [2.75, 3.05) is 18.4 Å². The van der Waals surface area contributed by atoms with Crippen molar-refractivity contribution in [3.8, 4) is 6.07 Å². The first-order chi connectivity index (χ1) is 7.88. The predicted octanol–water partition coefficient (Wildman–Crippen LogP) is 1.92. The molecule has 84 valence electrons. The van der Waals surface area contributed by atoms with Crippen molar-refractivity contribution >= 4 is 5.69 Å². The molecule has 0 radical (unpaired) electrons. The van der Waals surface area contributed by atoms with Crippen LogP contribution >= 0.6 is 0 Å². The van der Waals surface area contributed by atoms with E-state index in [1.165, 1.54) is 12.8 Å². The number of nitrogens with one attached hydrogen (secondary N) is 2. The predicted molar refractivity (Wildman–Crippen MR) is 65.3 cm³/mol. The number of nitriles is 1. The lowest BCUT2D eigenvalue weighted by molar-refractivity contribution is 0.479. The summed E-state index contributed by atoms with van der Waals surface area (Å²) in [5.41, 5.74) is 2.24. The highest BCUT2D eigenvalue weighted by Crippen LogP contribution is 2.14. The van der Waals surface area contributed by atoms with Gasteiger partial charge in [0.15, 0.2) is 0 Å². The molecule has 1 fully saturated rings. The zero-order valence-electron chi connectivity index (χ0n) is 9.37. The zero-order valence-corrected chi connectivity index (χ0v) is 9.37. The van der Waals surface area contributed by atoms with Gasteiger partial charge in [-0.2, -0.15) is 5.26 Å². The molecule has 3 heteroatoms. The van der Waals surface area contributed by atoms with Gasteiger partial charge in [-0.05, 0) is 43.6 Å². The lowest BCUT2D eigenvalue weighted by Crippen LogP contribution is -2.35. The number of piperidine rings is 1. The molecule has 0 atom stereocenters. The molecule has 0 unspecified atom stereocenters. The standard InChI is InChI=1S/C13H17N3/c14-8-5-11-1-3-12(4-2-11)16-13-6-9-15-10-7-13/h1-4,13,15-16H,5-7,9-10H2. The van der Waals surface area contributed by atoms with E-state index >= 15 is 0 Å². The van der Waals surface area contributed by atoms with Crippen LogP contribution < -0.4 is 10.6 Å². The molecular formula is C13H17N3. The van der Waals surface area contributed by atoms with Gasteiger partial charge in [0.05, 0.1) is 12.5 Å². The van der Waals surface area contributed by atoms with E-state index in [4.69, 9.17) is 5.26 Å². The first-order valence-electron chi connectivity index (χ1n) is 5.81. The van der Waals surface area contributed by atoms with Crippen LogP contribution in [0.15, 0.2) is 24.3 Å². The fourth-order valence-corrected chi connectivity index (χ4v) is 2.01. The van der Waals surface area contributed by atoms with Crippen molar-refractivity contribution in [1.82, 2.24) is 5.32 Å². The third kappa shape index (κ3) is 2.98. The van der Waals surface area contributed by atoms with Crippen molar-refractivity contribution in [3.63, 3.8) is 0 Å². The Morgan fingerprint density at radius 1 is 1.25 bits per heavy atom. The van der Waals surface area contributed by atoms with Crippen molar-refractivity contribution in [1.29, 1.82) is 5.26 Å². The van der Waals surface area contributed by atoms with Crippen molar-refractivity contribution in [3.05, 3.63) is 29.8 Å². The van der Waals surface area contributed by atoms with Gasteiger partial charge in [0.25, 0.3) is 0 Å². The van der Waals surface area contributed by atoms with Gasteiger partial charge in [-0.3, -0.25) is 0 Å². The number of hydrogen-bond donors (Lipinski definition) is 2. The van der Waals surface area contributed by atoms with Gasteiger partial charge >= 0.3 is 0 Å². The highest BCUT2D eigenvalue weighted by molar-refractivity contribution is 5.45. The van der Waals surface area contributed by atoms with E-state index in [0.29, 0.717) is 12.5 Å². The van der Waals surface area contributed by atoms with E-state index in [1.807, 2.05) is 12.1 Å². The molecule has 2 rings (SSSR count). The Kier molecular flexibility index (Phi) is 3.79. The molecule has 1 heterocycles. The van der Waals surface area contributed by atoms with E-state index in [0.717, 1.165) is 24.3 Å². The minimum absolute atomic E-state index is 0.494. The summed E-state index contributed by atoms with van der Waals surface area (Å²) >= 11 is 0. The topological polar surface area (TPSA) is 47.9 Å². The Hall–Kier alpha value is -1.53. The number of nitrogens with zero attached hydrogens (tertiary/aromatic N) is 1. The van der Waals surface area contributed by atoms with Crippen molar-refractivity contribution in [2.24, 2.45) is 0 Å². The molecule has 1 saturated heterocycles. The molecule has 0 aliphatic carbocycles. The molecule has 1 aliphatic rings. The Balaban J connectivity index is 1.91. The average Bonchev–Trinajstić information content (AvgIpc) is 2.33. The lowest BCUT2D eigenvalue weighted by Gasteiger charge is -2.24. The Bertz CT molecular complexity index is 358. The maximum absolute atomic E-state index is 8.58. The second-order valence-corrected chi connectivity index (χ2v) is 4.20. The third-order valence-corrected chi connectivity index (χ3v) is 2.95. The molecule has 0 amide bonds. The molecule has 0 saturated carbocycles. The fraction of sp³-hybridized carbons (Fsp3) is 0.462. The Morgan fingerprint density at radius 2 is 1.94 bits per heavy atom. The van der Waals surface area contributed by atoms with Gasteiger partial charge in [-0.25, -0.2) is 0 Å². The maximum atomic E-state index is 8.58. The largest absolute Gasteiger partial charge is 0.382 e. The SMILES string of the molecule is N#CCc1ccc(NC2CCNCC2)cc1. The van der Waals surface area contributed by atoms with Gasteiger partial charge in [-0.1, -0.05) is 12.1 Å². The van der Waals surface area contributed by atoms with Crippen LogP contribution in [0.3, 0.4) is 0 Å². The smallest absolute Gasteiger partial charge is 0.0669 e. The minimum Gasteiger partial charge on any atom is -0.382 e. The molecule has 0 spiro atoms. The molecule has 1 aromatic carbocycles. The van der Waals surface area contributed by atoms with E-state index in [2.05, 4.69) is 28.8 Å². The highest BCUT2D eigenvalue weighted by atomic mass is 15.0. The van der Waals surface area contributed by atoms with Crippen LogP contribution in [0.2, 0.25) is 0 Å². The Morgan fingerprint density at radius 3 is 2.56 bits per heavy atom. The number of hydrogen-bond acceptors (Lipinski definition) is 3. The average molecular weight is 215 g/mol. The van der Waals surface area contributed by atoms with Gasteiger partial charge < -0.3 is 10.6 Å². The Labute approximate surface area is 96.5 Å². The summed E-state index contributed by atoms with van der Waals surface area (Å²) in [6.07, 6.45) is 2.85. The third-order valence-electron chi connectivity index (χ3n) is 2.95. The summed E-state index contributed by atoms with van der Waals surface area (Å²) < 4.78 is 0. The van der Waals surface area contributed by atoms with Crippen LogP contribution in [0.4, 0.5) is 5.69 Å². The normalized spacial score (nSPS) is 16.7. The van der Waals surface area contributed by atoms with E-state index in [-0.39, 0.29) is 0 Å². The van der Waals surface area contributed by atoms with E-state index in [1.54, 1.807) is 0 Å². The summed E-state index contributed by atoms with van der Waals surface area (Å²) in [4.78, 5) is 0. The molecule has 0 bridgehead atoms. The molecule has 1 aliphatic heterocycles. The van der Waals surface area contributed by atoms with Gasteiger partial charge in [0.1, 0.15) is 0 Å². The monoisotopic (exact) mass is 215 g/mol. The fourth-order valence-electron chi connectivity index (χ4n) is 2.01. The zero-order chi connectivity index (χ0) is 11.2. The number of rotatable bonds is 3. The van der Waals surface area contributed by atoms with Crippen LogP contribution in [-0.2, 0) is 6.42 Å². The molecule has 3 nitrogen and oxygen atoms in total. The second-order valence-electron chi connectivity index (χ2n) is 4.20. The van der Waals surface area contributed by atoms with Crippen LogP contribution in [-0.4, -0.2) is 19.1 Å². The van der Waals surface area contributed by atoms with Gasteiger partial charge in [-0.15, -0.1) is 0 Å². The van der Waals surface area contributed by atoms with Crippen LogP contribution in [0.1, 0.15) is 18.4 Å². The highest BCUT2D eigenvalue weighted by Gasteiger charge is 2.11. The number of anilines is 1. The summed E-state index contributed by atoms with van der Waals surface area (Å²) in [7, 11) is 0. The van der Waals surface area contributed by atoms with Crippen LogP contribution in [0.25, 0.3) is 0 Å². The molecular weight excluding hydrogens is 198 g/mol. The second kappa shape index (κ2) is 5.53. The summed E-state index contributed by atoms with van der Waals surface area (Å²) in [6.45, 7) is 2.20. The minimum atomic E-state index is 0.494. The van der Waals surface area contributed by atoms with Crippen LogP contribution in [0.5, 0.6) is 0 Å². The molecule has 16 heavy (non-hydrogen) atoms. The molecule has 1 aromatic rings. The van der Waals surface area contributed by atoms with E-state index in [9.17, 15) is 0 Å². The summed E-state index contributed by atoms with van der Waals surface area (Å²) in [5.74, 6) is 0. The first-order valence-corrected chi connectivity index (χ1v) is 5.81. The maximum Gasteiger partial charge on any atom is 0.0669 e.